The number of aromatic nitrogens is 2. The maximum Gasteiger partial charge on any atom is 0.136 e. The molecular formula is C50H32N4O2. The van der Waals surface area contributed by atoms with Gasteiger partial charge in [-0.3, -0.25) is 0 Å². The molecule has 7 aromatic carbocycles. The third-order valence-electron chi connectivity index (χ3n) is 12.4. The fourth-order valence-electron chi connectivity index (χ4n) is 10.1. The molecule has 264 valence electrons. The van der Waals surface area contributed by atoms with Gasteiger partial charge >= 0.3 is 0 Å². The lowest BCUT2D eigenvalue weighted by Gasteiger charge is -2.27. The van der Waals surface area contributed by atoms with Crippen LogP contribution >= 0.6 is 0 Å². The molecule has 0 N–H and O–H groups in total. The predicted octanol–water partition coefficient (Wildman–Crippen LogP) is 13.5. The van der Waals surface area contributed by atoms with Crippen LogP contribution < -0.4 is 0 Å². The van der Waals surface area contributed by atoms with Crippen molar-refractivity contribution < 1.29 is 8.83 Å². The van der Waals surface area contributed by atoms with Crippen LogP contribution in [0.3, 0.4) is 0 Å². The molecule has 4 aromatic heterocycles. The zero-order chi connectivity index (χ0) is 37.1. The molecule has 11 aromatic rings. The van der Waals surface area contributed by atoms with E-state index in [1.165, 1.54) is 0 Å². The maximum atomic E-state index is 11.3. The molecular weight excluding hydrogens is 689 g/mol. The molecule has 0 radical (unpaired) electrons. The molecule has 1 aliphatic rings. The van der Waals surface area contributed by atoms with Gasteiger partial charge in [0.1, 0.15) is 34.5 Å². The maximum absolute atomic E-state index is 11.3. The number of rotatable bonds is 3. The minimum atomic E-state index is 0.0852. The minimum Gasteiger partial charge on any atom is -0.456 e. The van der Waals surface area contributed by atoms with E-state index in [1.54, 1.807) is 0 Å². The first-order valence-corrected chi connectivity index (χ1v) is 19.4. The third-order valence-corrected chi connectivity index (χ3v) is 12.4. The molecule has 12 rings (SSSR count). The quantitative estimate of drug-likeness (QED) is 0.182. The highest BCUT2D eigenvalue weighted by Gasteiger charge is 2.31. The van der Waals surface area contributed by atoms with Crippen LogP contribution in [0.25, 0.3) is 98.9 Å². The minimum absolute atomic E-state index is 0.0852. The highest BCUT2D eigenvalue weighted by molar-refractivity contribution is 6.28. The molecule has 0 bridgehead atoms. The zero-order valence-electron chi connectivity index (χ0n) is 30.3. The van der Waals surface area contributed by atoms with Gasteiger partial charge in [0.2, 0.25) is 0 Å². The Morgan fingerprint density at radius 3 is 1.38 bits per heavy atom. The zero-order valence-corrected chi connectivity index (χ0v) is 30.3. The molecule has 0 saturated heterocycles. The lowest BCUT2D eigenvalue weighted by molar-refractivity contribution is 0.442. The van der Waals surface area contributed by atoms with Crippen molar-refractivity contribution in [3.63, 3.8) is 0 Å². The molecule has 1 saturated carbocycles. The van der Waals surface area contributed by atoms with Gasteiger partial charge in [0.15, 0.2) is 0 Å². The van der Waals surface area contributed by atoms with Gasteiger partial charge in [0.05, 0.1) is 44.6 Å². The van der Waals surface area contributed by atoms with Crippen molar-refractivity contribution >= 4 is 87.5 Å². The second-order valence-corrected chi connectivity index (χ2v) is 15.2. The van der Waals surface area contributed by atoms with E-state index in [2.05, 4.69) is 124 Å². The van der Waals surface area contributed by atoms with Crippen LogP contribution in [-0.2, 0) is 0 Å². The molecule has 6 heteroatoms. The Labute approximate surface area is 320 Å². The summed E-state index contributed by atoms with van der Waals surface area (Å²) in [5, 5.41) is 31.2. The standard InChI is InChI=1S/C50H32N4O2/c51-27-34-40(53-36-18-8-4-14-30(36)47-38(53)22-24-44-49(47)32-16-6-10-20-42(32)55-44)26-41(35(28-52)46(34)29-12-2-1-3-13-29)54-37-19-9-5-15-31(37)48-39(54)23-25-45-50(48)33-17-7-11-21-43(33)56-45/h4-11,14-26,29H,1-3,12-13H2. The fourth-order valence-corrected chi connectivity index (χ4v) is 10.1. The Bertz CT molecular complexity index is 3330. The van der Waals surface area contributed by atoms with Crippen molar-refractivity contribution in [1.29, 1.82) is 10.5 Å². The number of fused-ring (bicyclic) bond motifs is 14. The van der Waals surface area contributed by atoms with Crippen LogP contribution in [0.4, 0.5) is 0 Å². The average molecular weight is 721 g/mol. The fraction of sp³-hybridized carbons (Fsp3) is 0.120. The summed E-state index contributed by atoms with van der Waals surface area (Å²) < 4.78 is 17.3. The van der Waals surface area contributed by atoms with Crippen LogP contribution in [0.15, 0.2) is 136 Å². The molecule has 1 aliphatic carbocycles. The predicted molar refractivity (Wildman–Crippen MR) is 225 cm³/mol. The van der Waals surface area contributed by atoms with E-state index in [-0.39, 0.29) is 5.92 Å². The van der Waals surface area contributed by atoms with E-state index < -0.39 is 0 Å². The Morgan fingerprint density at radius 2 is 0.893 bits per heavy atom. The van der Waals surface area contributed by atoms with Gasteiger partial charge in [-0.1, -0.05) is 92.1 Å². The van der Waals surface area contributed by atoms with Crippen molar-refractivity contribution in [3.05, 3.63) is 144 Å². The number of hydrogen-bond donors (Lipinski definition) is 0. The van der Waals surface area contributed by atoms with Crippen molar-refractivity contribution in [1.82, 2.24) is 9.13 Å². The van der Waals surface area contributed by atoms with Crippen molar-refractivity contribution in [2.75, 3.05) is 0 Å². The van der Waals surface area contributed by atoms with Crippen LogP contribution in [0.5, 0.6) is 0 Å². The number of furan rings is 2. The number of nitrogens with zero attached hydrogens (tertiary/aromatic N) is 4. The monoisotopic (exact) mass is 720 g/mol. The smallest absolute Gasteiger partial charge is 0.136 e. The van der Waals surface area contributed by atoms with Crippen LogP contribution in [0.1, 0.15) is 54.7 Å². The van der Waals surface area contributed by atoms with Gasteiger partial charge in [0, 0.05) is 43.1 Å². The average Bonchev–Trinajstić information content (AvgIpc) is 4.00. The Kier molecular flexibility index (Phi) is 6.45. The van der Waals surface area contributed by atoms with Crippen molar-refractivity contribution in [2.24, 2.45) is 0 Å². The van der Waals surface area contributed by atoms with Gasteiger partial charge in [0.25, 0.3) is 0 Å². The molecule has 0 unspecified atom stereocenters. The summed E-state index contributed by atoms with van der Waals surface area (Å²) >= 11 is 0. The number of nitriles is 2. The van der Waals surface area contributed by atoms with Crippen LogP contribution in [0.2, 0.25) is 0 Å². The molecule has 0 spiro atoms. The largest absolute Gasteiger partial charge is 0.456 e. The second-order valence-electron chi connectivity index (χ2n) is 15.2. The number of hydrogen-bond acceptors (Lipinski definition) is 4. The Morgan fingerprint density at radius 1 is 0.446 bits per heavy atom. The van der Waals surface area contributed by atoms with Crippen LogP contribution in [-0.4, -0.2) is 9.13 Å². The summed E-state index contributed by atoms with van der Waals surface area (Å²) in [6, 6.07) is 49.2. The summed E-state index contributed by atoms with van der Waals surface area (Å²) in [5.74, 6) is 0.0852. The van der Waals surface area contributed by atoms with E-state index in [9.17, 15) is 10.5 Å². The lowest BCUT2D eigenvalue weighted by Crippen LogP contribution is -2.14. The highest BCUT2D eigenvalue weighted by atomic mass is 16.3. The number of para-hydroxylation sites is 4. The first kappa shape index (κ1) is 31.1. The Balaban J connectivity index is 1.27. The van der Waals surface area contributed by atoms with Crippen LogP contribution in [0, 0.1) is 22.7 Å². The van der Waals surface area contributed by atoms with Gasteiger partial charge in [-0.25, -0.2) is 0 Å². The van der Waals surface area contributed by atoms with E-state index in [0.29, 0.717) is 11.1 Å². The van der Waals surface area contributed by atoms with Gasteiger partial charge in [-0.15, -0.1) is 0 Å². The molecule has 0 atom stereocenters. The summed E-state index contributed by atoms with van der Waals surface area (Å²) in [5.41, 5.74) is 10.9. The van der Waals surface area contributed by atoms with Crippen molar-refractivity contribution in [2.45, 2.75) is 38.0 Å². The van der Waals surface area contributed by atoms with E-state index in [4.69, 9.17) is 8.83 Å². The topological polar surface area (TPSA) is 83.7 Å². The second kappa shape index (κ2) is 11.6. The summed E-state index contributed by atoms with van der Waals surface area (Å²) in [6.45, 7) is 0. The van der Waals surface area contributed by atoms with Gasteiger partial charge < -0.3 is 18.0 Å². The lowest BCUT2D eigenvalue weighted by atomic mass is 9.79. The number of benzene rings is 7. The first-order chi connectivity index (χ1) is 27.7. The molecule has 0 amide bonds. The summed E-state index contributed by atoms with van der Waals surface area (Å²) in [6.07, 6.45) is 5.19. The molecule has 56 heavy (non-hydrogen) atoms. The van der Waals surface area contributed by atoms with Gasteiger partial charge in [-0.2, -0.15) is 10.5 Å². The molecule has 4 heterocycles. The summed E-state index contributed by atoms with van der Waals surface area (Å²) in [4.78, 5) is 0. The van der Waals surface area contributed by atoms with E-state index in [1.807, 2.05) is 24.3 Å². The summed E-state index contributed by atoms with van der Waals surface area (Å²) in [7, 11) is 0. The normalized spacial score (nSPS) is 14.0. The van der Waals surface area contributed by atoms with E-state index in [0.717, 1.165) is 137 Å². The van der Waals surface area contributed by atoms with Gasteiger partial charge in [-0.05, 0) is 78.9 Å². The Hall–Kier alpha value is -7.28. The molecule has 6 nitrogen and oxygen atoms in total. The third kappa shape index (κ3) is 4.08. The van der Waals surface area contributed by atoms with Crippen molar-refractivity contribution in [3.8, 4) is 23.5 Å². The molecule has 1 fully saturated rings. The highest BCUT2D eigenvalue weighted by Crippen LogP contribution is 2.47. The SMILES string of the molecule is N#Cc1c(-n2c3ccccc3c3c4c(ccc32)oc2ccccc24)cc(-n2c3ccccc3c3c4c(ccc32)oc2ccccc24)c(C#N)c1C1CCCCC1. The molecule has 0 aliphatic heterocycles. The van der Waals surface area contributed by atoms with E-state index >= 15 is 0 Å². The first-order valence-electron chi connectivity index (χ1n) is 19.4.